The first kappa shape index (κ1) is 20.8. The van der Waals surface area contributed by atoms with Crippen molar-refractivity contribution in [2.45, 2.75) is 24.8 Å². The van der Waals surface area contributed by atoms with Crippen LogP contribution >= 0.6 is 11.6 Å². The minimum atomic E-state index is -4.12. The molecule has 3 rings (SSSR count). The van der Waals surface area contributed by atoms with E-state index in [0.717, 1.165) is 9.69 Å². The van der Waals surface area contributed by atoms with Crippen molar-refractivity contribution in [3.8, 4) is 0 Å². The van der Waals surface area contributed by atoms with Crippen molar-refractivity contribution in [2.24, 2.45) is 0 Å². The van der Waals surface area contributed by atoms with Gasteiger partial charge in [-0.15, -0.1) is 0 Å². The Morgan fingerprint density at radius 3 is 2.21 bits per heavy atom. The van der Waals surface area contributed by atoms with E-state index in [9.17, 15) is 18.0 Å². The Labute approximate surface area is 174 Å². The first-order chi connectivity index (χ1) is 13.7. The molecule has 8 heteroatoms. The number of hydrogen-bond donors (Lipinski definition) is 1. The number of anilines is 2. The van der Waals surface area contributed by atoms with Crippen molar-refractivity contribution in [2.75, 3.05) is 9.62 Å². The van der Waals surface area contributed by atoms with Gasteiger partial charge in [0.05, 0.1) is 10.6 Å². The molecular weight excluding hydrogens is 412 g/mol. The molecule has 1 atom stereocenters. The fourth-order valence-electron chi connectivity index (χ4n) is 3.07. The molecule has 0 saturated carbocycles. The second-order valence-electron chi connectivity index (χ2n) is 6.48. The molecule has 0 bridgehead atoms. The third kappa shape index (κ3) is 4.26. The zero-order valence-corrected chi connectivity index (χ0v) is 17.4. The summed E-state index contributed by atoms with van der Waals surface area (Å²) in [5.74, 6) is -0.264. The smallest absolute Gasteiger partial charge is 0.265 e. The molecule has 0 radical (unpaired) electrons. The number of sulfonamides is 1. The zero-order chi connectivity index (χ0) is 21.2. The number of benzene rings is 3. The third-order valence-electron chi connectivity index (χ3n) is 4.42. The van der Waals surface area contributed by atoms with Gasteiger partial charge in [0.15, 0.2) is 0 Å². The standard InChI is InChI=1S/C21H19ClN2O4S/c1-14(21(22)26)24(20-9-5-7-16-6-3-4-8-19(16)20)29(27,28)18-12-10-17(11-13-18)23-15(2)25/h3-14H,1-2H3,(H,23,25). The number of hydrogen-bond acceptors (Lipinski definition) is 4. The Balaban J connectivity index is 2.16. The molecule has 0 fully saturated rings. The minimum absolute atomic E-state index is 0.0238. The molecule has 0 spiro atoms. The highest BCUT2D eigenvalue weighted by Crippen LogP contribution is 2.33. The van der Waals surface area contributed by atoms with Gasteiger partial charge in [-0.25, -0.2) is 8.42 Å². The fraction of sp³-hybridized carbons (Fsp3) is 0.143. The highest BCUT2D eigenvalue weighted by atomic mass is 35.5. The van der Waals surface area contributed by atoms with E-state index in [1.54, 1.807) is 24.3 Å². The van der Waals surface area contributed by atoms with Crippen LogP contribution in [0.5, 0.6) is 0 Å². The van der Waals surface area contributed by atoms with Crippen LogP contribution in [0.3, 0.4) is 0 Å². The van der Waals surface area contributed by atoms with Crippen LogP contribution < -0.4 is 9.62 Å². The second kappa shape index (κ2) is 8.23. The molecule has 6 nitrogen and oxygen atoms in total. The van der Waals surface area contributed by atoms with E-state index < -0.39 is 21.3 Å². The van der Waals surface area contributed by atoms with Crippen molar-refractivity contribution in [1.82, 2.24) is 0 Å². The second-order valence-corrected chi connectivity index (χ2v) is 8.67. The first-order valence-corrected chi connectivity index (χ1v) is 10.6. The zero-order valence-electron chi connectivity index (χ0n) is 15.8. The molecule has 0 aliphatic rings. The number of rotatable bonds is 6. The van der Waals surface area contributed by atoms with Gasteiger partial charge in [-0.3, -0.25) is 13.9 Å². The van der Waals surface area contributed by atoms with Crippen LogP contribution in [-0.2, 0) is 19.6 Å². The fourth-order valence-corrected chi connectivity index (χ4v) is 4.86. The van der Waals surface area contributed by atoms with Gasteiger partial charge < -0.3 is 5.32 Å². The van der Waals surface area contributed by atoms with Gasteiger partial charge in [-0.2, -0.15) is 0 Å². The summed E-state index contributed by atoms with van der Waals surface area (Å²) < 4.78 is 28.0. The summed E-state index contributed by atoms with van der Waals surface area (Å²) in [7, 11) is -4.12. The maximum Gasteiger partial charge on any atom is 0.265 e. The Bertz CT molecular complexity index is 1170. The van der Waals surface area contributed by atoms with Crippen LogP contribution in [0.2, 0.25) is 0 Å². The molecule has 0 heterocycles. The van der Waals surface area contributed by atoms with Crippen molar-refractivity contribution in [3.05, 3.63) is 66.7 Å². The summed E-state index contributed by atoms with van der Waals surface area (Å²) in [5.41, 5.74) is 0.824. The molecule has 0 aromatic heterocycles. The quantitative estimate of drug-likeness (QED) is 0.595. The minimum Gasteiger partial charge on any atom is -0.326 e. The Kier molecular flexibility index (Phi) is 5.91. The normalized spacial score (nSPS) is 12.4. The largest absolute Gasteiger partial charge is 0.326 e. The van der Waals surface area contributed by atoms with E-state index in [0.29, 0.717) is 16.8 Å². The molecule has 0 aliphatic carbocycles. The SMILES string of the molecule is CC(=O)Nc1ccc(S(=O)(=O)N(c2cccc3ccccc23)C(C)C(=O)Cl)cc1. The molecule has 3 aromatic rings. The average molecular weight is 431 g/mol. The molecule has 1 N–H and O–H groups in total. The van der Waals surface area contributed by atoms with Gasteiger partial charge in [-0.1, -0.05) is 36.4 Å². The van der Waals surface area contributed by atoms with Crippen LogP contribution in [-0.4, -0.2) is 25.6 Å². The number of amides is 1. The van der Waals surface area contributed by atoms with Gasteiger partial charge >= 0.3 is 0 Å². The van der Waals surface area contributed by atoms with Crippen LogP contribution in [0.1, 0.15) is 13.8 Å². The van der Waals surface area contributed by atoms with Gasteiger partial charge in [-0.05, 0) is 54.2 Å². The lowest BCUT2D eigenvalue weighted by atomic mass is 10.1. The lowest BCUT2D eigenvalue weighted by molar-refractivity contribution is -0.114. The highest BCUT2D eigenvalue weighted by Gasteiger charge is 2.33. The third-order valence-corrected chi connectivity index (χ3v) is 6.63. The molecule has 0 aliphatic heterocycles. The number of fused-ring (bicyclic) bond motifs is 1. The lowest BCUT2D eigenvalue weighted by Crippen LogP contribution is -2.42. The molecule has 1 unspecified atom stereocenters. The van der Waals surface area contributed by atoms with E-state index in [1.807, 2.05) is 18.2 Å². The topological polar surface area (TPSA) is 83.6 Å². The van der Waals surface area contributed by atoms with Crippen molar-refractivity contribution in [1.29, 1.82) is 0 Å². The van der Waals surface area contributed by atoms with Crippen LogP contribution in [0.4, 0.5) is 11.4 Å². The van der Waals surface area contributed by atoms with E-state index in [2.05, 4.69) is 5.32 Å². The average Bonchev–Trinajstić information content (AvgIpc) is 2.68. The maximum atomic E-state index is 13.5. The summed E-state index contributed by atoms with van der Waals surface area (Å²) in [6, 6.07) is 17.1. The number of nitrogens with zero attached hydrogens (tertiary/aromatic N) is 1. The Morgan fingerprint density at radius 2 is 1.59 bits per heavy atom. The van der Waals surface area contributed by atoms with Gasteiger partial charge in [0.25, 0.3) is 10.0 Å². The summed E-state index contributed by atoms with van der Waals surface area (Å²) in [6.45, 7) is 2.81. The summed E-state index contributed by atoms with van der Waals surface area (Å²) in [6.07, 6.45) is 0. The van der Waals surface area contributed by atoms with Crippen molar-refractivity contribution < 1.29 is 18.0 Å². The van der Waals surface area contributed by atoms with Gasteiger partial charge in [0.2, 0.25) is 11.1 Å². The number of carbonyl (C=O) groups excluding carboxylic acids is 2. The van der Waals surface area contributed by atoms with Crippen molar-refractivity contribution >= 4 is 54.9 Å². The molecular formula is C21H19ClN2O4S. The van der Waals surface area contributed by atoms with E-state index in [-0.39, 0.29) is 10.8 Å². The monoisotopic (exact) mass is 430 g/mol. The summed E-state index contributed by atoms with van der Waals surface area (Å²) in [5, 5.41) is 3.30. The summed E-state index contributed by atoms with van der Waals surface area (Å²) in [4.78, 5) is 23.1. The van der Waals surface area contributed by atoms with Crippen LogP contribution in [0.25, 0.3) is 10.8 Å². The Morgan fingerprint density at radius 1 is 0.966 bits per heavy atom. The molecule has 29 heavy (non-hydrogen) atoms. The molecule has 0 saturated heterocycles. The molecule has 3 aromatic carbocycles. The van der Waals surface area contributed by atoms with E-state index in [4.69, 9.17) is 11.6 Å². The first-order valence-electron chi connectivity index (χ1n) is 8.81. The lowest BCUT2D eigenvalue weighted by Gasteiger charge is -2.29. The predicted molar refractivity (Wildman–Crippen MR) is 115 cm³/mol. The highest BCUT2D eigenvalue weighted by molar-refractivity contribution is 7.93. The number of nitrogens with one attached hydrogen (secondary N) is 1. The molecule has 1 amide bonds. The van der Waals surface area contributed by atoms with Crippen LogP contribution in [0, 0.1) is 0 Å². The maximum absolute atomic E-state index is 13.5. The van der Waals surface area contributed by atoms with E-state index in [1.165, 1.54) is 38.1 Å². The number of carbonyl (C=O) groups is 2. The van der Waals surface area contributed by atoms with Gasteiger partial charge in [0.1, 0.15) is 6.04 Å². The van der Waals surface area contributed by atoms with Crippen molar-refractivity contribution in [3.63, 3.8) is 0 Å². The number of halogens is 1. The van der Waals surface area contributed by atoms with Gasteiger partial charge in [0, 0.05) is 18.0 Å². The predicted octanol–water partition coefficient (Wildman–Crippen LogP) is 4.15. The Hall–Kier alpha value is -2.90. The summed E-state index contributed by atoms with van der Waals surface area (Å²) >= 11 is 5.71. The van der Waals surface area contributed by atoms with Crippen LogP contribution in [0.15, 0.2) is 71.6 Å². The van der Waals surface area contributed by atoms with E-state index >= 15 is 0 Å². The molecule has 150 valence electrons.